The normalized spacial score (nSPS) is 11.0. The molecule has 0 saturated heterocycles. The second kappa shape index (κ2) is 4.07. The van der Waals surface area contributed by atoms with Crippen molar-refractivity contribution in [2.75, 3.05) is 0 Å². The van der Waals surface area contributed by atoms with Crippen molar-refractivity contribution in [1.29, 1.82) is 0 Å². The number of benzene rings is 1. The summed E-state index contributed by atoms with van der Waals surface area (Å²) in [5.41, 5.74) is 3.12. The van der Waals surface area contributed by atoms with Crippen molar-refractivity contribution in [3.63, 3.8) is 0 Å². The molecule has 2 heterocycles. The molecule has 0 unspecified atom stereocenters. The third kappa shape index (κ3) is 1.57. The molecule has 0 N–H and O–H groups in total. The Kier molecular flexibility index (Phi) is 2.52. The van der Waals surface area contributed by atoms with Crippen LogP contribution < -0.4 is 0 Å². The van der Waals surface area contributed by atoms with E-state index in [9.17, 15) is 4.79 Å². The highest BCUT2D eigenvalue weighted by atomic mass is 32.1. The van der Waals surface area contributed by atoms with Gasteiger partial charge in [-0.25, -0.2) is 4.98 Å². The lowest BCUT2D eigenvalue weighted by Crippen LogP contribution is -1.95. The zero-order valence-corrected chi connectivity index (χ0v) is 11.0. The number of carbonyl (C=O) groups is 1. The molecule has 0 aliphatic carbocycles. The summed E-state index contributed by atoms with van der Waals surface area (Å²) in [6.45, 7) is 3.56. The number of ketones is 1. The minimum Gasteiger partial charge on any atom is -0.294 e. The Bertz CT molecular complexity index is 725. The second-order valence-electron chi connectivity index (χ2n) is 4.20. The lowest BCUT2D eigenvalue weighted by molar-refractivity contribution is 0.102. The summed E-state index contributed by atoms with van der Waals surface area (Å²) in [7, 11) is 0. The van der Waals surface area contributed by atoms with Gasteiger partial charge in [0.1, 0.15) is 0 Å². The van der Waals surface area contributed by atoms with E-state index < -0.39 is 0 Å². The predicted molar refractivity (Wildman–Crippen MR) is 73.2 cm³/mol. The predicted octanol–water partition coefficient (Wildman–Crippen LogP) is 3.57. The molecule has 0 amide bonds. The van der Waals surface area contributed by atoms with Crippen LogP contribution in [-0.2, 0) is 0 Å². The first-order valence-electron chi connectivity index (χ1n) is 5.71. The number of thiazole rings is 1. The molecule has 0 fully saturated rings. The summed E-state index contributed by atoms with van der Waals surface area (Å²) in [5, 5.41) is 0. The minimum absolute atomic E-state index is 0.0991. The van der Waals surface area contributed by atoms with Crippen molar-refractivity contribution in [2.24, 2.45) is 0 Å². The van der Waals surface area contributed by atoms with Gasteiger partial charge in [-0.05, 0) is 6.92 Å². The van der Waals surface area contributed by atoms with Gasteiger partial charge in [0.25, 0.3) is 0 Å². The number of nitrogens with zero attached hydrogens (tertiary/aromatic N) is 2. The van der Waals surface area contributed by atoms with E-state index in [2.05, 4.69) is 9.38 Å². The lowest BCUT2D eigenvalue weighted by Gasteiger charge is -2.01. The van der Waals surface area contributed by atoms with Crippen LogP contribution in [0.1, 0.15) is 22.3 Å². The van der Waals surface area contributed by atoms with E-state index in [4.69, 9.17) is 0 Å². The largest absolute Gasteiger partial charge is 0.294 e. The average molecular weight is 256 g/mol. The van der Waals surface area contributed by atoms with Crippen LogP contribution in [0, 0.1) is 6.92 Å². The summed E-state index contributed by atoms with van der Waals surface area (Å²) < 4.78 is 2.05. The Morgan fingerprint density at radius 2 is 2.00 bits per heavy atom. The summed E-state index contributed by atoms with van der Waals surface area (Å²) in [4.78, 5) is 17.6. The molecule has 18 heavy (non-hydrogen) atoms. The van der Waals surface area contributed by atoms with Gasteiger partial charge in [0, 0.05) is 18.2 Å². The van der Waals surface area contributed by atoms with Crippen LogP contribution in [0.4, 0.5) is 0 Å². The fourth-order valence-corrected chi connectivity index (χ4v) is 3.13. The SMILES string of the molecule is CC(=O)c1sc2ncc(-c3ccccc3)n2c1C. The van der Waals surface area contributed by atoms with Gasteiger partial charge in [0.15, 0.2) is 10.7 Å². The molecular weight excluding hydrogens is 244 g/mol. The van der Waals surface area contributed by atoms with Crippen molar-refractivity contribution in [2.45, 2.75) is 13.8 Å². The van der Waals surface area contributed by atoms with Crippen LogP contribution in [0.15, 0.2) is 36.5 Å². The fourth-order valence-electron chi connectivity index (χ4n) is 2.14. The number of imidazole rings is 1. The molecule has 1 aromatic carbocycles. The van der Waals surface area contributed by atoms with Crippen molar-refractivity contribution in [3.8, 4) is 11.3 Å². The van der Waals surface area contributed by atoms with Gasteiger partial charge >= 0.3 is 0 Å². The maximum Gasteiger partial charge on any atom is 0.195 e. The number of hydrogen-bond acceptors (Lipinski definition) is 3. The van der Waals surface area contributed by atoms with Gasteiger partial charge in [-0.15, -0.1) is 0 Å². The third-order valence-electron chi connectivity index (χ3n) is 2.98. The number of aryl methyl sites for hydroxylation is 1. The maximum absolute atomic E-state index is 11.6. The molecule has 3 aromatic rings. The molecule has 2 aromatic heterocycles. The van der Waals surface area contributed by atoms with Crippen LogP contribution in [0.5, 0.6) is 0 Å². The molecule has 0 radical (unpaired) electrons. The van der Waals surface area contributed by atoms with Crippen molar-refractivity contribution < 1.29 is 4.79 Å². The lowest BCUT2D eigenvalue weighted by atomic mass is 10.2. The number of carbonyl (C=O) groups excluding carboxylic acids is 1. The first-order valence-corrected chi connectivity index (χ1v) is 6.53. The van der Waals surface area contributed by atoms with E-state index in [-0.39, 0.29) is 5.78 Å². The Hall–Kier alpha value is -1.94. The van der Waals surface area contributed by atoms with Gasteiger partial charge < -0.3 is 0 Å². The minimum atomic E-state index is 0.0991. The topological polar surface area (TPSA) is 34.4 Å². The molecule has 3 rings (SSSR count). The Balaban J connectivity index is 2.29. The second-order valence-corrected chi connectivity index (χ2v) is 5.18. The number of fused-ring (bicyclic) bond motifs is 1. The number of rotatable bonds is 2. The molecular formula is C14H12N2OS. The third-order valence-corrected chi connectivity index (χ3v) is 4.23. The van der Waals surface area contributed by atoms with E-state index in [0.29, 0.717) is 0 Å². The van der Waals surface area contributed by atoms with Gasteiger partial charge in [0.2, 0.25) is 0 Å². The van der Waals surface area contributed by atoms with Crippen LogP contribution in [0.3, 0.4) is 0 Å². The van der Waals surface area contributed by atoms with Crippen LogP contribution in [0.2, 0.25) is 0 Å². The highest BCUT2D eigenvalue weighted by Gasteiger charge is 2.16. The molecule has 90 valence electrons. The molecule has 3 nitrogen and oxygen atoms in total. The van der Waals surface area contributed by atoms with Crippen molar-refractivity contribution in [3.05, 3.63) is 47.1 Å². The summed E-state index contributed by atoms with van der Waals surface area (Å²) >= 11 is 1.45. The zero-order valence-electron chi connectivity index (χ0n) is 10.2. The van der Waals surface area contributed by atoms with E-state index in [1.807, 2.05) is 43.5 Å². The maximum atomic E-state index is 11.6. The first kappa shape index (κ1) is 11.2. The van der Waals surface area contributed by atoms with Crippen LogP contribution in [-0.4, -0.2) is 15.2 Å². The van der Waals surface area contributed by atoms with Gasteiger partial charge in [-0.1, -0.05) is 41.7 Å². The summed E-state index contributed by atoms with van der Waals surface area (Å²) in [6, 6.07) is 10.1. The molecule has 4 heteroatoms. The Labute approximate surface area is 109 Å². The number of Topliss-reactive ketones (excluding diaryl/α,β-unsaturated/α-hetero) is 1. The quantitative estimate of drug-likeness (QED) is 0.657. The highest BCUT2D eigenvalue weighted by Crippen LogP contribution is 2.29. The van der Waals surface area contributed by atoms with E-state index >= 15 is 0 Å². The number of aromatic nitrogens is 2. The molecule has 0 spiro atoms. The summed E-state index contributed by atoms with van der Waals surface area (Å²) in [6.07, 6.45) is 1.86. The smallest absolute Gasteiger partial charge is 0.195 e. The molecule has 0 bridgehead atoms. The zero-order chi connectivity index (χ0) is 12.7. The van der Waals surface area contributed by atoms with E-state index in [0.717, 1.165) is 26.8 Å². The standard InChI is InChI=1S/C14H12N2OS/c1-9-13(10(2)17)18-14-15-8-12(16(9)14)11-6-4-3-5-7-11/h3-8H,1-2H3. The van der Waals surface area contributed by atoms with Crippen LogP contribution >= 0.6 is 11.3 Å². The first-order chi connectivity index (χ1) is 8.68. The van der Waals surface area contributed by atoms with Gasteiger partial charge in [-0.3, -0.25) is 9.20 Å². The van der Waals surface area contributed by atoms with Gasteiger partial charge in [0.05, 0.1) is 16.8 Å². The summed E-state index contributed by atoms with van der Waals surface area (Å²) in [5.74, 6) is 0.0991. The molecule has 0 saturated carbocycles. The Morgan fingerprint density at radius 3 is 2.67 bits per heavy atom. The van der Waals surface area contributed by atoms with E-state index in [1.54, 1.807) is 6.92 Å². The van der Waals surface area contributed by atoms with Crippen molar-refractivity contribution >= 4 is 22.1 Å². The monoisotopic (exact) mass is 256 g/mol. The Morgan fingerprint density at radius 1 is 1.28 bits per heavy atom. The van der Waals surface area contributed by atoms with E-state index in [1.165, 1.54) is 11.3 Å². The molecule has 0 aliphatic heterocycles. The number of hydrogen-bond donors (Lipinski definition) is 0. The molecule has 0 aliphatic rings. The van der Waals surface area contributed by atoms with Gasteiger partial charge in [-0.2, -0.15) is 0 Å². The fraction of sp³-hybridized carbons (Fsp3) is 0.143. The highest BCUT2D eigenvalue weighted by molar-refractivity contribution is 7.19. The van der Waals surface area contributed by atoms with Crippen molar-refractivity contribution in [1.82, 2.24) is 9.38 Å². The molecule has 0 atom stereocenters. The van der Waals surface area contributed by atoms with Crippen LogP contribution in [0.25, 0.3) is 16.2 Å². The average Bonchev–Trinajstić information content (AvgIpc) is 2.91.